The zero-order chi connectivity index (χ0) is 48.2. The first-order valence-corrected chi connectivity index (χ1v) is 23.5. The number of hydrogen-bond donors (Lipinski definition) is 6. The zero-order valence-electron chi connectivity index (χ0n) is 38.3. The van der Waals surface area contributed by atoms with E-state index in [1.807, 2.05) is 18.2 Å². The van der Waals surface area contributed by atoms with Gasteiger partial charge in [0.2, 0.25) is 0 Å². The average molecular weight is 966 g/mol. The fourth-order valence-corrected chi connectivity index (χ4v) is 9.31. The maximum atomic E-state index is 11.1. The minimum absolute atomic E-state index is 0.0797. The van der Waals surface area contributed by atoms with Gasteiger partial charge in [-0.25, -0.2) is 0 Å². The van der Waals surface area contributed by atoms with Gasteiger partial charge >= 0.3 is 5.97 Å². The summed E-state index contributed by atoms with van der Waals surface area (Å²) in [6, 6.07) is 15.7. The fraction of sp³-hybridized carbons (Fsp3) is 0.385. The molecular weight excluding hydrogens is 908 g/mol. The molecule has 358 valence electrons. The number of carboxylic acids is 1. The summed E-state index contributed by atoms with van der Waals surface area (Å²) < 4.78 is 26.0. The summed E-state index contributed by atoms with van der Waals surface area (Å²) in [5, 5.41) is 44.6. The van der Waals surface area contributed by atoms with Crippen LogP contribution in [0.5, 0.6) is 11.5 Å². The van der Waals surface area contributed by atoms with Crippen molar-refractivity contribution in [1.82, 2.24) is 20.6 Å². The molecule has 0 amide bonds. The number of carboxylic acid groups (broad SMARTS) is 1. The SMILES string of the molecule is CC1=C(COc2cc(OCc3cncc(N)c3)c(CNCCCC(O)O)cc2Cl)C=CCC1c1cccc(COC2=C(Cl)C=C(CNCCCC(=O)O)C3(OCc4cncc(C#N)c4)CC23)c1C. The van der Waals surface area contributed by atoms with E-state index in [1.54, 1.807) is 30.7 Å². The highest BCUT2D eigenvalue weighted by molar-refractivity contribution is 6.32. The highest BCUT2D eigenvalue weighted by Crippen LogP contribution is 2.60. The van der Waals surface area contributed by atoms with Crippen LogP contribution in [0.2, 0.25) is 5.02 Å². The largest absolute Gasteiger partial charge is 0.491 e. The number of aromatic nitrogens is 2. The van der Waals surface area contributed by atoms with Gasteiger partial charge in [0, 0.05) is 67.4 Å². The monoisotopic (exact) mass is 964 g/mol. The third-order valence-electron chi connectivity index (χ3n) is 12.6. The first kappa shape index (κ1) is 50.1. The molecule has 2 heterocycles. The summed E-state index contributed by atoms with van der Waals surface area (Å²) in [5.41, 5.74) is 15.3. The first-order chi connectivity index (χ1) is 32.8. The van der Waals surface area contributed by atoms with Gasteiger partial charge in [-0.3, -0.25) is 14.8 Å². The number of rotatable bonds is 25. The predicted octanol–water partition coefficient (Wildman–Crippen LogP) is 8.43. The third kappa shape index (κ3) is 12.9. The summed E-state index contributed by atoms with van der Waals surface area (Å²) in [5.74, 6) is 0.882. The number of benzene rings is 2. The smallest absolute Gasteiger partial charge is 0.303 e. The molecule has 0 aliphatic heterocycles. The first-order valence-electron chi connectivity index (χ1n) is 22.8. The van der Waals surface area contributed by atoms with Crippen LogP contribution in [0.3, 0.4) is 0 Å². The van der Waals surface area contributed by atoms with E-state index in [1.165, 1.54) is 17.3 Å². The molecule has 3 unspecified atom stereocenters. The van der Waals surface area contributed by atoms with Gasteiger partial charge in [-0.2, -0.15) is 5.26 Å². The summed E-state index contributed by atoms with van der Waals surface area (Å²) >= 11 is 13.8. The number of nitrogen functional groups attached to an aromatic ring is 1. The minimum atomic E-state index is -1.35. The molecule has 0 saturated heterocycles. The van der Waals surface area contributed by atoms with Crippen molar-refractivity contribution in [2.45, 2.75) is 96.5 Å². The van der Waals surface area contributed by atoms with Gasteiger partial charge in [-0.05, 0) is 117 Å². The Morgan fingerprint density at radius 1 is 0.926 bits per heavy atom. The fourth-order valence-electron chi connectivity index (χ4n) is 8.75. The van der Waals surface area contributed by atoms with E-state index < -0.39 is 17.9 Å². The second kappa shape index (κ2) is 23.5. The molecular formula is C52H58Cl2N6O8. The van der Waals surface area contributed by atoms with E-state index in [9.17, 15) is 20.3 Å². The molecule has 4 aromatic rings. The Morgan fingerprint density at radius 3 is 2.47 bits per heavy atom. The summed E-state index contributed by atoms with van der Waals surface area (Å²) in [6.45, 7) is 7.35. The lowest BCUT2D eigenvalue weighted by molar-refractivity contribution is -0.137. The van der Waals surface area contributed by atoms with Gasteiger partial charge in [-0.15, -0.1) is 0 Å². The van der Waals surface area contributed by atoms with Crippen LogP contribution in [-0.2, 0) is 40.6 Å². The van der Waals surface area contributed by atoms with E-state index >= 15 is 0 Å². The van der Waals surface area contributed by atoms with Gasteiger partial charge in [0.05, 0.1) is 33.8 Å². The molecule has 0 radical (unpaired) electrons. The molecule has 1 fully saturated rings. The Hall–Kier alpha value is -5.76. The van der Waals surface area contributed by atoms with Crippen molar-refractivity contribution in [2.24, 2.45) is 5.92 Å². The number of nitriles is 1. The lowest BCUT2D eigenvalue weighted by Crippen LogP contribution is -2.32. The highest BCUT2D eigenvalue weighted by Gasteiger charge is 2.62. The topological polar surface area (TPSA) is 214 Å². The minimum Gasteiger partial charge on any atom is -0.491 e. The van der Waals surface area contributed by atoms with E-state index in [4.69, 9.17) is 53.0 Å². The molecule has 7 N–H and O–H groups in total. The van der Waals surface area contributed by atoms with Gasteiger partial charge in [0.25, 0.3) is 0 Å². The lowest BCUT2D eigenvalue weighted by atomic mass is 9.80. The molecule has 2 aromatic carbocycles. The van der Waals surface area contributed by atoms with Crippen molar-refractivity contribution in [2.75, 3.05) is 32.0 Å². The standard InChI is InChI=1S/C52H58Cl2N6O8/c1-32-37(30-66-48-19-47(65-28-36-16-41(56)27-60-24-36)39(17-45(48)53)25-57-13-5-11-49(61)62)7-3-9-42(32)43-10-4-8-38(33(43)2)31-67-51-44-20-52(44,68-29-35-15-34(21-55)22-59-23-35)40(18-46(51)54)26-58-14-6-12-50(63)64/h3-4,7-8,10,15-19,22-24,27,42,44,49,57-58,61-62H,5-6,9,11-14,20,25-26,28-31,56H2,1-2H3,(H,63,64). The third-order valence-corrected chi connectivity index (χ3v) is 13.2. The number of nitrogens with two attached hydrogens (primary N) is 1. The van der Waals surface area contributed by atoms with Crippen LogP contribution in [-0.4, -0.2) is 69.4 Å². The van der Waals surface area contributed by atoms with Gasteiger partial charge < -0.3 is 50.6 Å². The molecule has 3 aliphatic carbocycles. The van der Waals surface area contributed by atoms with E-state index in [0.717, 1.165) is 45.4 Å². The maximum Gasteiger partial charge on any atom is 0.303 e. The van der Waals surface area contributed by atoms with Crippen molar-refractivity contribution in [3.05, 3.63) is 157 Å². The van der Waals surface area contributed by atoms with Crippen molar-refractivity contribution in [3.63, 3.8) is 0 Å². The molecule has 7 rings (SSSR count). The van der Waals surface area contributed by atoms with E-state index in [0.29, 0.717) is 90.6 Å². The van der Waals surface area contributed by atoms with Crippen LogP contribution in [0.4, 0.5) is 5.69 Å². The second-order valence-corrected chi connectivity index (χ2v) is 18.2. The number of halogens is 2. The lowest BCUT2D eigenvalue weighted by Gasteiger charge is -2.28. The second-order valence-electron chi connectivity index (χ2n) is 17.4. The molecule has 2 aromatic heterocycles. The van der Waals surface area contributed by atoms with Crippen LogP contribution >= 0.6 is 23.2 Å². The van der Waals surface area contributed by atoms with Crippen LogP contribution in [0, 0.1) is 24.2 Å². The Balaban J connectivity index is 1.04. The number of aliphatic hydroxyl groups is 2. The molecule has 3 atom stereocenters. The van der Waals surface area contributed by atoms with Gasteiger partial charge in [-0.1, -0.05) is 59.1 Å². The quantitative estimate of drug-likeness (QED) is 0.0272. The Morgan fingerprint density at radius 2 is 1.69 bits per heavy atom. The molecule has 3 aliphatic rings. The number of pyridine rings is 2. The van der Waals surface area contributed by atoms with Crippen molar-refractivity contribution >= 4 is 34.9 Å². The summed E-state index contributed by atoms with van der Waals surface area (Å²) in [7, 11) is 0. The van der Waals surface area contributed by atoms with Gasteiger partial charge in [0.15, 0.2) is 6.29 Å². The molecule has 68 heavy (non-hydrogen) atoms. The molecule has 0 spiro atoms. The number of aliphatic hydroxyl groups excluding tert-OH is 1. The maximum absolute atomic E-state index is 11.1. The zero-order valence-corrected chi connectivity index (χ0v) is 39.8. The van der Waals surface area contributed by atoms with Crippen molar-refractivity contribution in [1.29, 1.82) is 5.26 Å². The highest BCUT2D eigenvalue weighted by atomic mass is 35.5. The number of carbonyl (C=O) groups is 1. The average Bonchev–Trinajstić information content (AvgIpc) is 4.06. The predicted molar refractivity (Wildman–Crippen MR) is 260 cm³/mol. The van der Waals surface area contributed by atoms with Gasteiger partial charge in [0.1, 0.15) is 48.7 Å². The summed E-state index contributed by atoms with van der Waals surface area (Å²) in [4.78, 5) is 19.4. The Labute approximate surface area is 407 Å². The summed E-state index contributed by atoms with van der Waals surface area (Å²) in [6.07, 6.45) is 14.3. The van der Waals surface area contributed by atoms with Crippen LogP contribution < -0.4 is 25.8 Å². The Kier molecular flexibility index (Phi) is 17.3. The molecule has 0 bridgehead atoms. The van der Waals surface area contributed by atoms with Crippen molar-refractivity contribution < 1.29 is 39.1 Å². The number of nitrogens with one attached hydrogen (secondary N) is 2. The number of anilines is 1. The van der Waals surface area contributed by atoms with Crippen molar-refractivity contribution in [3.8, 4) is 17.6 Å². The Bertz CT molecular complexity index is 2630. The van der Waals surface area contributed by atoms with Crippen LogP contribution in [0.1, 0.15) is 90.3 Å². The number of fused-ring (bicyclic) bond motifs is 1. The molecule has 1 saturated carbocycles. The molecule has 14 nitrogen and oxygen atoms in total. The number of ether oxygens (including phenoxy) is 4. The molecule has 16 heteroatoms. The van der Waals surface area contributed by atoms with E-state index in [2.05, 4.69) is 70.9 Å². The number of nitrogens with zero attached hydrogens (tertiary/aromatic N) is 3. The number of hydrogen-bond acceptors (Lipinski definition) is 13. The number of aliphatic carboxylic acids is 1. The number of allylic oxidation sites excluding steroid dienone is 4. The van der Waals surface area contributed by atoms with Crippen LogP contribution in [0.15, 0.2) is 113 Å². The normalized spacial score (nSPS) is 18.6. The van der Waals surface area contributed by atoms with Crippen LogP contribution in [0.25, 0.3) is 0 Å². The van der Waals surface area contributed by atoms with E-state index in [-0.39, 0.29) is 44.5 Å².